The molecule has 0 aromatic carbocycles. The number of rotatable bonds is 2. The Morgan fingerprint density at radius 1 is 1.11 bits per heavy atom. The normalized spacial score (nSPS) is 44.8. The number of carbonyl (C=O) groups is 1. The largest absolute Gasteiger partial charge is 0.461 e. The molecule has 6 unspecified atom stereocenters. The topological polar surface area (TPSA) is 26.3 Å². The van der Waals surface area contributed by atoms with E-state index in [2.05, 4.69) is 41.5 Å². The monoisotopic (exact) mass is 264 g/mol. The van der Waals surface area contributed by atoms with Gasteiger partial charge in [0.1, 0.15) is 6.10 Å². The van der Waals surface area contributed by atoms with Crippen LogP contribution in [0.15, 0.2) is 0 Å². The van der Waals surface area contributed by atoms with Crippen molar-refractivity contribution in [1.29, 1.82) is 0 Å². The van der Waals surface area contributed by atoms with E-state index in [1.165, 1.54) is 6.42 Å². The quantitative estimate of drug-likeness (QED) is 0.707. The van der Waals surface area contributed by atoms with Gasteiger partial charge in [-0.15, -0.1) is 0 Å². The predicted octanol–water partition coefficient (Wildman–Crippen LogP) is 3.89. The fraction of sp³-hybridized carbons (Fsp3) is 0.941. The highest BCUT2D eigenvalue weighted by Gasteiger charge is 2.70. The summed E-state index contributed by atoms with van der Waals surface area (Å²) in [4.78, 5) is 12.3. The number of esters is 1. The molecule has 108 valence electrons. The van der Waals surface area contributed by atoms with Crippen LogP contribution in [0.5, 0.6) is 0 Å². The summed E-state index contributed by atoms with van der Waals surface area (Å²) in [5.41, 5.74) is 0.490. The zero-order valence-corrected chi connectivity index (χ0v) is 13.2. The first-order valence-electron chi connectivity index (χ1n) is 7.89. The van der Waals surface area contributed by atoms with Gasteiger partial charge in [-0.2, -0.15) is 0 Å². The van der Waals surface area contributed by atoms with Crippen molar-refractivity contribution < 1.29 is 9.53 Å². The Kier molecular flexibility index (Phi) is 2.67. The van der Waals surface area contributed by atoms with Gasteiger partial charge in [-0.25, -0.2) is 0 Å². The fourth-order valence-electron chi connectivity index (χ4n) is 5.49. The van der Waals surface area contributed by atoms with Crippen LogP contribution in [0, 0.1) is 40.4 Å². The van der Waals surface area contributed by atoms with E-state index < -0.39 is 0 Å². The van der Waals surface area contributed by atoms with Gasteiger partial charge in [-0.05, 0) is 29.1 Å². The van der Waals surface area contributed by atoms with Crippen molar-refractivity contribution in [2.24, 2.45) is 40.4 Å². The second-order valence-corrected chi connectivity index (χ2v) is 8.75. The summed E-state index contributed by atoms with van der Waals surface area (Å²) < 4.78 is 5.81. The van der Waals surface area contributed by atoms with E-state index in [4.69, 9.17) is 4.74 Å². The van der Waals surface area contributed by atoms with Gasteiger partial charge in [0, 0.05) is 11.8 Å². The molecule has 0 spiro atoms. The van der Waals surface area contributed by atoms with Gasteiger partial charge in [0.05, 0.1) is 5.92 Å². The van der Waals surface area contributed by atoms with E-state index in [0.29, 0.717) is 23.7 Å². The molecule has 0 radical (unpaired) electrons. The Hall–Kier alpha value is -0.530. The highest BCUT2D eigenvalue weighted by atomic mass is 16.6. The number of hydrogen-bond donors (Lipinski definition) is 0. The van der Waals surface area contributed by atoms with Crippen molar-refractivity contribution in [1.82, 2.24) is 0 Å². The van der Waals surface area contributed by atoms with Crippen LogP contribution < -0.4 is 0 Å². The highest BCUT2D eigenvalue weighted by Crippen LogP contribution is 2.67. The van der Waals surface area contributed by atoms with Crippen LogP contribution in [0.3, 0.4) is 0 Å². The van der Waals surface area contributed by atoms with E-state index in [1.54, 1.807) is 0 Å². The summed E-state index contributed by atoms with van der Waals surface area (Å²) in [6, 6.07) is 0. The maximum absolute atomic E-state index is 12.3. The van der Waals surface area contributed by atoms with Gasteiger partial charge in [0.15, 0.2) is 0 Å². The lowest BCUT2D eigenvalue weighted by Gasteiger charge is -2.45. The smallest absolute Gasteiger partial charge is 0.309 e. The third-order valence-electron chi connectivity index (χ3n) is 6.43. The second kappa shape index (κ2) is 3.77. The minimum Gasteiger partial charge on any atom is -0.461 e. The van der Waals surface area contributed by atoms with Crippen molar-refractivity contribution >= 4 is 5.97 Å². The Morgan fingerprint density at radius 3 is 2.26 bits per heavy atom. The second-order valence-electron chi connectivity index (χ2n) is 8.75. The Balaban J connectivity index is 2.02. The molecule has 2 nitrogen and oxygen atoms in total. The zero-order valence-electron chi connectivity index (χ0n) is 13.2. The molecule has 3 fully saturated rings. The van der Waals surface area contributed by atoms with Gasteiger partial charge in [0.25, 0.3) is 0 Å². The molecule has 2 saturated carbocycles. The molecule has 0 aromatic heterocycles. The van der Waals surface area contributed by atoms with Crippen LogP contribution in [-0.2, 0) is 9.53 Å². The lowest BCUT2D eigenvalue weighted by molar-refractivity contribution is -0.146. The van der Waals surface area contributed by atoms with Gasteiger partial charge >= 0.3 is 5.97 Å². The van der Waals surface area contributed by atoms with Crippen LogP contribution in [0.2, 0.25) is 0 Å². The van der Waals surface area contributed by atoms with Crippen LogP contribution in [0.1, 0.15) is 54.4 Å². The summed E-state index contributed by atoms with van der Waals surface area (Å²) in [5, 5.41) is 0. The molecule has 1 aliphatic heterocycles. The predicted molar refractivity (Wildman–Crippen MR) is 75.5 cm³/mol. The summed E-state index contributed by atoms with van der Waals surface area (Å²) in [6.45, 7) is 13.9. The highest BCUT2D eigenvalue weighted by molar-refractivity contribution is 5.77. The van der Waals surface area contributed by atoms with Gasteiger partial charge in [-0.3, -0.25) is 4.79 Å². The van der Waals surface area contributed by atoms with Crippen molar-refractivity contribution in [3.05, 3.63) is 0 Å². The third kappa shape index (κ3) is 1.64. The molecule has 3 rings (SSSR count). The first kappa shape index (κ1) is 13.5. The Labute approximate surface area is 117 Å². The summed E-state index contributed by atoms with van der Waals surface area (Å²) >= 11 is 0. The van der Waals surface area contributed by atoms with E-state index in [1.807, 2.05) is 0 Å². The average Bonchev–Trinajstić information content (AvgIpc) is 2.86. The SMILES string of the molecule is CCC(C)(C)C1C2CC3C(OC(=O)C31)C2C(C)(C)C. The van der Waals surface area contributed by atoms with Crippen molar-refractivity contribution in [3.63, 3.8) is 0 Å². The standard InChI is InChI=1S/C17H28O2/c1-7-17(5,6)12-10-8-9-11(12)15(18)19-14(9)13(10)16(2,3)4/h9-14H,7-8H2,1-6H3. The first-order valence-corrected chi connectivity index (χ1v) is 7.89. The minimum atomic E-state index is 0.107. The Bertz CT molecular complexity index is 404. The molecule has 6 atom stereocenters. The number of hydrogen-bond acceptors (Lipinski definition) is 2. The number of ether oxygens (including phenoxy) is 1. The molecule has 2 aliphatic carbocycles. The number of carbonyl (C=O) groups excluding carboxylic acids is 1. The molecule has 1 heterocycles. The van der Waals surface area contributed by atoms with Gasteiger partial charge in [-0.1, -0.05) is 48.0 Å². The Morgan fingerprint density at radius 2 is 1.74 bits per heavy atom. The molecule has 2 heteroatoms. The molecule has 1 saturated heterocycles. The maximum Gasteiger partial charge on any atom is 0.309 e. The summed E-state index contributed by atoms with van der Waals surface area (Å²) in [7, 11) is 0. The van der Waals surface area contributed by atoms with E-state index >= 15 is 0 Å². The molecular formula is C17H28O2. The maximum atomic E-state index is 12.3. The van der Waals surface area contributed by atoms with Gasteiger partial charge in [0.2, 0.25) is 0 Å². The molecule has 2 bridgehead atoms. The number of fused-ring (bicyclic) bond motifs is 1. The molecule has 19 heavy (non-hydrogen) atoms. The minimum absolute atomic E-state index is 0.107. The van der Waals surface area contributed by atoms with Crippen LogP contribution in [0.25, 0.3) is 0 Å². The zero-order chi connectivity index (χ0) is 14.2. The average molecular weight is 264 g/mol. The molecule has 0 N–H and O–H groups in total. The van der Waals surface area contributed by atoms with Crippen molar-refractivity contribution in [2.75, 3.05) is 0 Å². The lowest BCUT2D eigenvalue weighted by atomic mass is 9.58. The van der Waals surface area contributed by atoms with Gasteiger partial charge < -0.3 is 4.74 Å². The van der Waals surface area contributed by atoms with Crippen LogP contribution in [0.4, 0.5) is 0 Å². The van der Waals surface area contributed by atoms with E-state index in [9.17, 15) is 4.79 Å². The van der Waals surface area contributed by atoms with E-state index in [0.717, 1.165) is 6.42 Å². The third-order valence-corrected chi connectivity index (χ3v) is 6.43. The molecule has 0 aromatic rings. The first-order chi connectivity index (χ1) is 8.68. The summed E-state index contributed by atoms with van der Waals surface area (Å²) in [5.74, 6) is 2.58. The molecule has 3 aliphatic rings. The van der Waals surface area contributed by atoms with Crippen molar-refractivity contribution in [3.8, 4) is 0 Å². The fourth-order valence-corrected chi connectivity index (χ4v) is 5.49. The van der Waals surface area contributed by atoms with Crippen LogP contribution in [-0.4, -0.2) is 12.1 Å². The summed E-state index contributed by atoms with van der Waals surface area (Å²) in [6.07, 6.45) is 2.58. The molecular weight excluding hydrogens is 236 g/mol. The van der Waals surface area contributed by atoms with Crippen LogP contribution >= 0.6 is 0 Å². The van der Waals surface area contributed by atoms with E-state index in [-0.39, 0.29) is 28.8 Å². The molecule has 0 amide bonds. The van der Waals surface area contributed by atoms with Crippen molar-refractivity contribution in [2.45, 2.75) is 60.5 Å². The lowest BCUT2D eigenvalue weighted by Crippen LogP contribution is -2.45.